The molecule has 4 nitrogen and oxygen atoms in total. The Morgan fingerprint density at radius 1 is 1.53 bits per heavy atom. The molecule has 1 aromatic heterocycles. The fourth-order valence-electron chi connectivity index (χ4n) is 1.96. The van der Waals surface area contributed by atoms with Gasteiger partial charge < -0.3 is 0 Å². The summed E-state index contributed by atoms with van der Waals surface area (Å²) in [5, 5.41) is 4.22. The molecular weight excluding hydrogens is 311 g/mol. The van der Waals surface area contributed by atoms with Crippen molar-refractivity contribution < 1.29 is 4.39 Å². The molecule has 2 rings (SSSR count). The van der Waals surface area contributed by atoms with Crippen LogP contribution in [0.15, 0.2) is 35.1 Å². The minimum Gasteiger partial charge on any atom is -0.273 e. The molecule has 19 heavy (non-hydrogen) atoms. The average molecular weight is 327 g/mol. The minimum atomic E-state index is -0.275. The molecule has 0 amide bonds. The Morgan fingerprint density at radius 3 is 2.95 bits per heavy atom. The van der Waals surface area contributed by atoms with Gasteiger partial charge in [0.2, 0.25) is 0 Å². The molecule has 2 aromatic rings. The molecule has 3 N–H and O–H groups in total. The number of halogens is 2. The number of aromatic nitrogens is 2. The van der Waals surface area contributed by atoms with Gasteiger partial charge in [-0.3, -0.25) is 16.0 Å². The number of hydrogen-bond donors (Lipinski definition) is 2. The highest BCUT2D eigenvalue weighted by molar-refractivity contribution is 9.10. The zero-order chi connectivity index (χ0) is 13.8. The molecule has 0 aliphatic carbocycles. The van der Waals surface area contributed by atoms with Crippen LogP contribution in [0.1, 0.15) is 24.1 Å². The summed E-state index contributed by atoms with van der Waals surface area (Å²) in [7, 11) is 0. The van der Waals surface area contributed by atoms with Gasteiger partial charge in [-0.05, 0) is 42.7 Å². The molecule has 0 radical (unpaired) electrons. The van der Waals surface area contributed by atoms with E-state index in [2.05, 4.69) is 26.5 Å². The topological polar surface area (TPSA) is 55.9 Å². The first-order chi connectivity index (χ1) is 9.13. The minimum absolute atomic E-state index is 0.167. The number of hydrazine groups is 1. The Balaban J connectivity index is 2.22. The summed E-state index contributed by atoms with van der Waals surface area (Å²) in [5.41, 5.74) is 4.58. The van der Waals surface area contributed by atoms with Crippen LogP contribution < -0.4 is 11.3 Å². The van der Waals surface area contributed by atoms with Crippen LogP contribution in [-0.2, 0) is 13.0 Å². The molecule has 1 unspecified atom stereocenters. The van der Waals surface area contributed by atoms with Crippen LogP contribution in [0.3, 0.4) is 0 Å². The fourth-order valence-corrected chi connectivity index (χ4v) is 2.48. The predicted molar refractivity (Wildman–Crippen MR) is 75.8 cm³/mol. The number of aryl methyl sites for hydroxylation is 1. The van der Waals surface area contributed by atoms with Crippen molar-refractivity contribution in [2.45, 2.75) is 25.9 Å². The Bertz CT molecular complexity index is 555. The number of benzene rings is 1. The molecule has 0 aliphatic rings. The van der Waals surface area contributed by atoms with Gasteiger partial charge >= 0.3 is 0 Å². The van der Waals surface area contributed by atoms with E-state index in [4.69, 9.17) is 5.84 Å². The smallest absolute Gasteiger partial charge is 0.123 e. The quantitative estimate of drug-likeness (QED) is 0.655. The molecule has 6 heteroatoms. The number of hydrogen-bond acceptors (Lipinski definition) is 3. The lowest BCUT2D eigenvalue weighted by Gasteiger charge is -2.17. The Kier molecular flexibility index (Phi) is 4.68. The van der Waals surface area contributed by atoms with Gasteiger partial charge in [0, 0.05) is 17.2 Å². The zero-order valence-electron chi connectivity index (χ0n) is 10.6. The highest BCUT2D eigenvalue weighted by Gasteiger charge is 2.15. The highest BCUT2D eigenvalue weighted by atomic mass is 79.9. The molecule has 0 saturated heterocycles. The van der Waals surface area contributed by atoms with Crippen molar-refractivity contribution in [2.24, 2.45) is 5.84 Å². The van der Waals surface area contributed by atoms with Gasteiger partial charge in [-0.2, -0.15) is 5.10 Å². The van der Waals surface area contributed by atoms with Crippen molar-refractivity contribution in [3.8, 4) is 0 Å². The summed E-state index contributed by atoms with van der Waals surface area (Å²) in [6.45, 7) is 2.85. The van der Waals surface area contributed by atoms with Gasteiger partial charge in [0.05, 0.1) is 12.2 Å². The molecule has 0 aliphatic heterocycles. The van der Waals surface area contributed by atoms with Crippen LogP contribution >= 0.6 is 15.9 Å². The first-order valence-corrected chi connectivity index (χ1v) is 6.85. The van der Waals surface area contributed by atoms with E-state index >= 15 is 0 Å². The summed E-state index contributed by atoms with van der Waals surface area (Å²) in [6, 6.07) is 4.42. The lowest BCUT2D eigenvalue weighted by Crippen LogP contribution is -2.29. The predicted octanol–water partition coefficient (Wildman–Crippen LogP) is 2.55. The van der Waals surface area contributed by atoms with Crippen LogP contribution in [-0.4, -0.2) is 9.78 Å². The largest absolute Gasteiger partial charge is 0.273 e. The highest BCUT2D eigenvalue weighted by Crippen LogP contribution is 2.26. The third kappa shape index (κ3) is 3.40. The van der Waals surface area contributed by atoms with Gasteiger partial charge in [-0.25, -0.2) is 4.39 Å². The van der Waals surface area contributed by atoms with Crippen LogP contribution in [0.4, 0.5) is 4.39 Å². The number of nitrogens with two attached hydrogens (primary N) is 1. The van der Waals surface area contributed by atoms with E-state index in [1.54, 1.807) is 12.3 Å². The van der Waals surface area contributed by atoms with Crippen LogP contribution in [0.2, 0.25) is 0 Å². The SMILES string of the molecule is CCn1cc(CC(NN)c2cc(F)ccc2Br)cn1. The molecule has 1 aromatic carbocycles. The molecule has 0 fully saturated rings. The molecule has 0 saturated carbocycles. The van der Waals surface area contributed by atoms with Gasteiger partial charge in [0.1, 0.15) is 5.82 Å². The van der Waals surface area contributed by atoms with Crippen LogP contribution in [0.5, 0.6) is 0 Å². The van der Waals surface area contributed by atoms with Crippen molar-refractivity contribution in [1.82, 2.24) is 15.2 Å². The molecule has 0 bridgehead atoms. The van der Waals surface area contributed by atoms with Gasteiger partial charge in [-0.1, -0.05) is 15.9 Å². The maximum absolute atomic E-state index is 13.3. The van der Waals surface area contributed by atoms with Crippen molar-refractivity contribution in [2.75, 3.05) is 0 Å². The first kappa shape index (κ1) is 14.2. The van der Waals surface area contributed by atoms with Gasteiger partial charge in [-0.15, -0.1) is 0 Å². The van der Waals surface area contributed by atoms with Crippen LogP contribution in [0, 0.1) is 5.82 Å². The second kappa shape index (κ2) is 6.27. The van der Waals surface area contributed by atoms with E-state index in [-0.39, 0.29) is 11.9 Å². The third-order valence-corrected chi connectivity index (χ3v) is 3.71. The Labute approximate surface area is 119 Å². The zero-order valence-corrected chi connectivity index (χ0v) is 12.2. The second-order valence-corrected chi connectivity index (χ2v) is 5.15. The van der Waals surface area contributed by atoms with E-state index < -0.39 is 0 Å². The summed E-state index contributed by atoms with van der Waals surface area (Å²) in [4.78, 5) is 0. The monoisotopic (exact) mass is 326 g/mol. The number of nitrogens with one attached hydrogen (secondary N) is 1. The third-order valence-electron chi connectivity index (χ3n) is 2.99. The normalized spacial score (nSPS) is 12.6. The van der Waals surface area contributed by atoms with Crippen molar-refractivity contribution in [3.63, 3.8) is 0 Å². The Morgan fingerprint density at radius 2 is 2.32 bits per heavy atom. The number of rotatable bonds is 5. The van der Waals surface area contributed by atoms with E-state index in [0.717, 1.165) is 22.1 Å². The molecule has 102 valence electrons. The lowest BCUT2D eigenvalue weighted by atomic mass is 10.0. The van der Waals surface area contributed by atoms with Crippen molar-refractivity contribution in [1.29, 1.82) is 0 Å². The first-order valence-electron chi connectivity index (χ1n) is 6.06. The maximum atomic E-state index is 13.3. The summed E-state index contributed by atoms with van der Waals surface area (Å²) >= 11 is 3.42. The summed E-state index contributed by atoms with van der Waals surface area (Å²) < 4.78 is 16.0. The molecular formula is C13H16BrFN4. The van der Waals surface area contributed by atoms with Crippen molar-refractivity contribution in [3.05, 3.63) is 52.0 Å². The lowest BCUT2D eigenvalue weighted by molar-refractivity contribution is 0.542. The van der Waals surface area contributed by atoms with E-state index in [1.165, 1.54) is 12.1 Å². The maximum Gasteiger partial charge on any atom is 0.123 e. The standard InChI is InChI=1S/C13H16BrFN4/c1-2-19-8-9(7-17-19)5-13(18-16)11-6-10(15)3-4-12(11)14/h3-4,6-8,13,18H,2,5,16H2,1H3. The fraction of sp³-hybridized carbons (Fsp3) is 0.308. The molecule has 1 heterocycles. The van der Waals surface area contributed by atoms with Crippen LogP contribution in [0.25, 0.3) is 0 Å². The average Bonchev–Trinajstić information content (AvgIpc) is 2.87. The van der Waals surface area contributed by atoms with Gasteiger partial charge in [0.15, 0.2) is 0 Å². The number of nitrogens with zero attached hydrogens (tertiary/aromatic N) is 2. The molecule has 1 atom stereocenters. The Hall–Kier alpha value is -1.24. The summed E-state index contributed by atoms with van der Waals surface area (Å²) in [6.07, 6.45) is 4.43. The van der Waals surface area contributed by atoms with E-state index in [9.17, 15) is 4.39 Å². The van der Waals surface area contributed by atoms with Gasteiger partial charge in [0.25, 0.3) is 0 Å². The second-order valence-electron chi connectivity index (χ2n) is 4.29. The summed E-state index contributed by atoms with van der Waals surface area (Å²) in [5.74, 6) is 5.32. The van der Waals surface area contributed by atoms with Crippen molar-refractivity contribution >= 4 is 15.9 Å². The van der Waals surface area contributed by atoms with E-state index in [1.807, 2.05) is 17.8 Å². The van der Waals surface area contributed by atoms with E-state index in [0.29, 0.717) is 6.42 Å². The molecule has 0 spiro atoms.